The maximum Gasteiger partial charge on any atom is 0.0639 e. The first-order valence-electron chi connectivity index (χ1n) is 6.81. The average molecular weight is 308 g/mol. The van der Waals surface area contributed by atoms with Crippen molar-refractivity contribution in [1.29, 1.82) is 0 Å². The fourth-order valence-electron chi connectivity index (χ4n) is 2.28. The Morgan fingerprint density at radius 1 is 1.05 bits per heavy atom. The normalized spacial score (nSPS) is 12.4. The molecule has 3 heteroatoms. The number of hydrogen-bond donors (Lipinski definition) is 1. The second-order valence-corrected chi connectivity index (χ2v) is 5.78. The van der Waals surface area contributed by atoms with Gasteiger partial charge in [0, 0.05) is 6.04 Å². The summed E-state index contributed by atoms with van der Waals surface area (Å²) in [4.78, 5) is 0. The highest BCUT2D eigenvalue weighted by Gasteiger charge is 2.11. The van der Waals surface area contributed by atoms with Crippen molar-refractivity contribution in [1.82, 2.24) is 5.32 Å². The Labute approximate surface area is 130 Å². The van der Waals surface area contributed by atoms with Crippen LogP contribution >= 0.6 is 23.2 Å². The molecule has 0 aliphatic heterocycles. The van der Waals surface area contributed by atoms with Crippen LogP contribution in [0.2, 0.25) is 10.0 Å². The van der Waals surface area contributed by atoms with E-state index in [9.17, 15) is 0 Å². The lowest BCUT2D eigenvalue weighted by molar-refractivity contribution is 0.576. The molecule has 20 heavy (non-hydrogen) atoms. The van der Waals surface area contributed by atoms with E-state index in [4.69, 9.17) is 23.2 Å². The predicted octanol–water partition coefficient (Wildman–Crippen LogP) is 5.20. The minimum atomic E-state index is 0.185. The van der Waals surface area contributed by atoms with Crippen molar-refractivity contribution in [3.63, 3.8) is 0 Å². The van der Waals surface area contributed by atoms with Gasteiger partial charge in [0.1, 0.15) is 0 Å². The van der Waals surface area contributed by atoms with Crippen LogP contribution in [0.3, 0.4) is 0 Å². The summed E-state index contributed by atoms with van der Waals surface area (Å²) in [5, 5.41) is 4.75. The van der Waals surface area contributed by atoms with Gasteiger partial charge in [0.25, 0.3) is 0 Å². The van der Waals surface area contributed by atoms with Crippen molar-refractivity contribution < 1.29 is 0 Å². The SMILES string of the molecule is Cc1ccccc1CCNC(C)c1cccc(Cl)c1Cl. The van der Waals surface area contributed by atoms with Crippen LogP contribution in [0.4, 0.5) is 0 Å². The molecule has 1 N–H and O–H groups in total. The molecule has 0 saturated carbocycles. The topological polar surface area (TPSA) is 12.0 Å². The van der Waals surface area contributed by atoms with Gasteiger partial charge in [-0.3, -0.25) is 0 Å². The number of aryl methyl sites for hydroxylation is 1. The van der Waals surface area contributed by atoms with Gasteiger partial charge in [0.15, 0.2) is 0 Å². The molecule has 0 amide bonds. The van der Waals surface area contributed by atoms with Crippen molar-refractivity contribution in [2.75, 3.05) is 6.54 Å². The molecule has 2 aromatic rings. The van der Waals surface area contributed by atoms with Gasteiger partial charge in [-0.1, -0.05) is 59.6 Å². The summed E-state index contributed by atoms with van der Waals surface area (Å²) in [6, 6.07) is 14.4. The Morgan fingerprint density at radius 3 is 2.55 bits per heavy atom. The lowest BCUT2D eigenvalue weighted by Gasteiger charge is -2.16. The van der Waals surface area contributed by atoms with E-state index in [0.29, 0.717) is 10.0 Å². The lowest BCUT2D eigenvalue weighted by Crippen LogP contribution is -2.21. The van der Waals surface area contributed by atoms with Crippen LogP contribution in [-0.4, -0.2) is 6.54 Å². The highest BCUT2D eigenvalue weighted by atomic mass is 35.5. The zero-order chi connectivity index (χ0) is 14.5. The van der Waals surface area contributed by atoms with Crippen molar-refractivity contribution in [2.24, 2.45) is 0 Å². The Morgan fingerprint density at radius 2 is 1.80 bits per heavy atom. The summed E-state index contributed by atoms with van der Waals surface area (Å²) in [6.07, 6.45) is 1.01. The summed E-state index contributed by atoms with van der Waals surface area (Å²) in [7, 11) is 0. The van der Waals surface area contributed by atoms with Crippen LogP contribution in [0.25, 0.3) is 0 Å². The van der Waals surface area contributed by atoms with E-state index >= 15 is 0 Å². The summed E-state index contributed by atoms with van der Waals surface area (Å²) in [5.41, 5.74) is 3.76. The van der Waals surface area contributed by atoms with Crippen molar-refractivity contribution >= 4 is 23.2 Å². The third kappa shape index (κ3) is 3.76. The van der Waals surface area contributed by atoms with E-state index < -0.39 is 0 Å². The number of benzene rings is 2. The molecule has 0 heterocycles. The van der Waals surface area contributed by atoms with Gasteiger partial charge in [-0.05, 0) is 49.6 Å². The molecule has 1 nitrogen and oxygen atoms in total. The zero-order valence-electron chi connectivity index (χ0n) is 11.8. The van der Waals surface area contributed by atoms with Gasteiger partial charge in [0.05, 0.1) is 10.0 Å². The molecule has 0 fully saturated rings. The number of rotatable bonds is 5. The first kappa shape index (κ1) is 15.4. The molecule has 0 spiro atoms. The fourth-order valence-corrected chi connectivity index (χ4v) is 2.75. The summed E-state index contributed by atoms with van der Waals surface area (Å²) in [5.74, 6) is 0. The van der Waals surface area contributed by atoms with E-state index in [1.165, 1.54) is 11.1 Å². The maximum absolute atomic E-state index is 6.24. The van der Waals surface area contributed by atoms with Crippen LogP contribution in [0, 0.1) is 6.92 Å². The largest absolute Gasteiger partial charge is 0.310 e. The van der Waals surface area contributed by atoms with E-state index in [1.807, 2.05) is 18.2 Å². The van der Waals surface area contributed by atoms with Gasteiger partial charge >= 0.3 is 0 Å². The smallest absolute Gasteiger partial charge is 0.0639 e. The lowest BCUT2D eigenvalue weighted by atomic mass is 10.0. The Hall–Kier alpha value is -1.02. The Balaban J connectivity index is 1.94. The summed E-state index contributed by atoms with van der Waals surface area (Å²) >= 11 is 12.3. The minimum Gasteiger partial charge on any atom is -0.310 e. The zero-order valence-corrected chi connectivity index (χ0v) is 13.3. The van der Waals surface area contributed by atoms with E-state index in [2.05, 4.69) is 43.4 Å². The monoisotopic (exact) mass is 307 g/mol. The van der Waals surface area contributed by atoms with Gasteiger partial charge in [-0.2, -0.15) is 0 Å². The molecule has 0 aliphatic carbocycles. The predicted molar refractivity (Wildman–Crippen MR) is 87.8 cm³/mol. The van der Waals surface area contributed by atoms with Crippen LogP contribution in [-0.2, 0) is 6.42 Å². The average Bonchev–Trinajstić information content (AvgIpc) is 2.44. The minimum absolute atomic E-state index is 0.185. The van der Waals surface area contributed by atoms with E-state index in [1.54, 1.807) is 0 Å². The molecule has 1 atom stereocenters. The van der Waals surface area contributed by atoms with E-state index in [-0.39, 0.29) is 6.04 Å². The third-order valence-corrected chi connectivity index (χ3v) is 4.39. The molecular formula is C17H19Cl2N. The number of hydrogen-bond acceptors (Lipinski definition) is 1. The Bertz CT molecular complexity index is 581. The summed E-state index contributed by atoms with van der Waals surface area (Å²) < 4.78 is 0. The van der Waals surface area contributed by atoms with Crippen molar-refractivity contribution in [3.8, 4) is 0 Å². The molecule has 2 rings (SSSR count). The van der Waals surface area contributed by atoms with Crippen LogP contribution in [0.15, 0.2) is 42.5 Å². The molecule has 0 aromatic heterocycles. The molecule has 0 radical (unpaired) electrons. The van der Waals surface area contributed by atoms with Gasteiger partial charge in [-0.15, -0.1) is 0 Å². The number of nitrogens with one attached hydrogen (secondary N) is 1. The number of halogens is 2. The fraction of sp³-hybridized carbons (Fsp3) is 0.294. The molecule has 0 aliphatic rings. The second kappa shape index (κ2) is 7.12. The third-order valence-electron chi connectivity index (χ3n) is 3.55. The van der Waals surface area contributed by atoms with Crippen molar-refractivity contribution in [2.45, 2.75) is 26.3 Å². The quantitative estimate of drug-likeness (QED) is 0.801. The molecular weight excluding hydrogens is 289 g/mol. The van der Waals surface area contributed by atoms with Gasteiger partial charge < -0.3 is 5.32 Å². The standard InChI is InChI=1S/C17H19Cl2N/c1-12-6-3-4-7-14(12)10-11-20-13(2)15-8-5-9-16(18)17(15)19/h3-9,13,20H,10-11H2,1-2H3. The molecule has 106 valence electrons. The molecule has 0 saturated heterocycles. The van der Waals surface area contributed by atoms with Crippen LogP contribution in [0.1, 0.15) is 29.7 Å². The van der Waals surface area contributed by atoms with Gasteiger partial charge in [-0.25, -0.2) is 0 Å². The van der Waals surface area contributed by atoms with Crippen LogP contribution < -0.4 is 5.32 Å². The second-order valence-electron chi connectivity index (χ2n) is 5.00. The van der Waals surface area contributed by atoms with Crippen LogP contribution in [0.5, 0.6) is 0 Å². The molecule has 2 aromatic carbocycles. The van der Waals surface area contributed by atoms with E-state index in [0.717, 1.165) is 18.5 Å². The van der Waals surface area contributed by atoms with Gasteiger partial charge in [0.2, 0.25) is 0 Å². The molecule has 1 unspecified atom stereocenters. The maximum atomic E-state index is 6.24. The highest BCUT2D eigenvalue weighted by molar-refractivity contribution is 6.42. The first-order chi connectivity index (χ1) is 9.59. The molecule has 0 bridgehead atoms. The first-order valence-corrected chi connectivity index (χ1v) is 7.57. The van der Waals surface area contributed by atoms with Crippen molar-refractivity contribution in [3.05, 3.63) is 69.2 Å². The summed E-state index contributed by atoms with van der Waals surface area (Å²) in [6.45, 7) is 5.16. The highest BCUT2D eigenvalue weighted by Crippen LogP contribution is 2.29. The Kier molecular flexibility index (Phi) is 5.47.